The van der Waals surface area contributed by atoms with Gasteiger partial charge >= 0.3 is 0 Å². The first-order valence-corrected chi connectivity index (χ1v) is 8.05. The van der Waals surface area contributed by atoms with Crippen LogP contribution in [0.25, 0.3) is 0 Å². The summed E-state index contributed by atoms with van der Waals surface area (Å²) < 4.78 is 5.38. The molecule has 122 valence electrons. The summed E-state index contributed by atoms with van der Waals surface area (Å²) in [4.78, 5) is 22.6. The first kappa shape index (κ1) is 15.5. The van der Waals surface area contributed by atoms with E-state index in [1.165, 1.54) is 6.39 Å². The lowest BCUT2D eigenvalue weighted by Crippen LogP contribution is -2.39. The van der Waals surface area contributed by atoms with E-state index in [1.54, 1.807) is 6.20 Å². The quantitative estimate of drug-likeness (QED) is 0.918. The molecule has 0 aromatic carbocycles. The summed E-state index contributed by atoms with van der Waals surface area (Å²) in [6, 6.07) is 3.93. The van der Waals surface area contributed by atoms with E-state index in [1.807, 2.05) is 30.2 Å². The minimum absolute atomic E-state index is 0.175. The van der Waals surface area contributed by atoms with Gasteiger partial charge in [-0.15, -0.1) is 0 Å². The minimum Gasteiger partial charge on any atom is -0.448 e. The number of carbonyl (C=O) groups is 1. The van der Waals surface area contributed by atoms with E-state index in [4.69, 9.17) is 4.42 Å². The number of oxazole rings is 1. The fourth-order valence-corrected chi connectivity index (χ4v) is 2.89. The van der Waals surface area contributed by atoms with Crippen LogP contribution < -0.4 is 5.32 Å². The van der Waals surface area contributed by atoms with Gasteiger partial charge in [0.05, 0.1) is 6.20 Å². The summed E-state index contributed by atoms with van der Waals surface area (Å²) in [5.74, 6) is 2.13. The van der Waals surface area contributed by atoms with Crippen molar-refractivity contribution in [2.75, 3.05) is 25.0 Å². The van der Waals surface area contributed by atoms with E-state index in [9.17, 15) is 4.79 Å². The standard InChI is InChI=1S/C17H22N4O2/c1-13-4-5-16(20-9-13)19-7-6-17(22)21-8-2-3-14(11-21)15-10-18-12-23-15/h4-5,9-10,12,14H,2-3,6-8,11H2,1H3,(H,19,20). The van der Waals surface area contributed by atoms with Gasteiger partial charge in [0, 0.05) is 38.2 Å². The number of pyridine rings is 1. The van der Waals surface area contributed by atoms with Crippen LogP contribution in [0.1, 0.15) is 36.5 Å². The van der Waals surface area contributed by atoms with Crippen molar-refractivity contribution < 1.29 is 9.21 Å². The molecule has 1 unspecified atom stereocenters. The van der Waals surface area contributed by atoms with Gasteiger partial charge in [0.1, 0.15) is 11.6 Å². The van der Waals surface area contributed by atoms with Crippen molar-refractivity contribution in [1.29, 1.82) is 0 Å². The largest absolute Gasteiger partial charge is 0.448 e. The normalized spacial score (nSPS) is 18.0. The summed E-state index contributed by atoms with van der Waals surface area (Å²) >= 11 is 0. The Hall–Kier alpha value is -2.37. The fraction of sp³-hybridized carbons (Fsp3) is 0.471. The van der Waals surface area contributed by atoms with Crippen LogP contribution in [-0.4, -0.2) is 40.4 Å². The van der Waals surface area contributed by atoms with Gasteiger partial charge in [0.25, 0.3) is 0 Å². The maximum Gasteiger partial charge on any atom is 0.224 e. The Bertz CT molecular complexity index is 625. The number of likely N-dealkylation sites (tertiary alicyclic amines) is 1. The summed E-state index contributed by atoms with van der Waals surface area (Å²) in [5.41, 5.74) is 1.12. The zero-order valence-corrected chi connectivity index (χ0v) is 13.4. The molecule has 2 aromatic heterocycles. The lowest BCUT2D eigenvalue weighted by molar-refractivity contribution is -0.132. The summed E-state index contributed by atoms with van der Waals surface area (Å²) in [6.45, 7) is 4.14. The van der Waals surface area contributed by atoms with Crippen molar-refractivity contribution in [3.05, 3.63) is 42.2 Å². The highest BCUT2D eigenvalue weighted by Crippen LogP contribution is 2.26. The van der Waals surface area contributed by atoms with Crippen LogP contribution >= 0.6 is 0 Å². The predicted octanol–water partition coefficient (Wildman–Crippen LogP) is 2.59. The molecule has 0 aliphatic carbocycles. The first-order chi connectivity index (χ1) is 11.2. The van der Waals surface area contributed by atoms with Gasteiger partial charge in [-0.3, -0.25) is 4.79 Å². The average Bonchev–Trinajstić information content (AvgIpc) is 3.11. The molecular formula is C17H22N4O2. The Morgan fingerprint density at radius 1 is 1.43 bits per heavy atom. The van der Waals surface area contributed by atoms with E-state index >= 15 is 0 Å². The number of nitrogens with zero attached hydrogens (tertiary/aromatic N) is 3. The molecule has 1 N–H and O–H groups in total. The average molecular weight is 314 g/mol. The van der Waals surface area contributed by atoms with Crippen molar-refractivity contribution in [1.82, 2.24) is 14.9 Å². The molecule has 6 heteroatoms. The molecule has 2 aromatic rings. The van der Waals surface area contributed by atoms with Gasteiger partial charge in [0.2, 0.25) is 5.91 Å². The summed E-state index contributed by atoms with van der Waals surface area (Å²) in [5, 5.41) is 3.19. The van der Waals surface area contributed by atoms with Gasteiger partial charge in [-0.1, -0.05) is 6.07 Å². The molecule has 3 heterocycles. The molecule has 1 fully saturated rings. The van der Waals surface area contributed by atoms with Gasteiger partial charge in [0.15, 0.2) is 6.39 Å². The SMILES string of the molecule is Cc1ccc(NCCC(=O)N2CCCC(c3cnco3)C2)nc1. The molecule has 1 aliphatic rings. The molecule has 0 spiro atoms. The monoisotopic (exact) mass is 314 g/mol. The molecule has 23 heavy (non-hydrogen) atoms. The molecule has 1 aliphatic heterocycles. The molecule has 0 saturated carbocycles. The lowest BCUT2D eigenvalue weighted by Gasteiger charge is -2.31. The van der Waals surface area contributed by atoms with Crippen LogP contribution in [0.2, 0.25) is 0 Å². The summed E-state index contributed by atoms with van der Waals surface area (Å²) in [7, 11) is 0. The zero-order valence-electron chi connectivity index (χ0n) is 13.4. The molecule has 1 saturated heterocycles. The van der Waals surface area contributed by atoms with Crippen molar-refractivity contribution in [2.45, 2.75) is 32.1 Å². The molecule has 6 nitrogen and oxygen atoms in total. The molecule has 3 rings (SSSR count). The van der Waals surface area contributed by atoms with Gasteiger partial charge in [-0.25, -0.2) is 9.97 Å². The van der Waals surface area contributed by atoms with Crippen molar-refractivity contribution in [3.63, 3.8) is 0 Å². The third-order valence-corrected chi connectivity index (χ3v) is 4.18. The van der Waals surface area contributed by atoms with Gasteiger partial charge < -0.3 is 14.6 Å². The molecule has 1 atom stereocenters. The van der Waals surface area contributed by atoms with Crippen LogP contribution in [0.3, 0.4) is 0 Å². The second-order valence-electron chi connectivity index (χ2n) is 5.98. The van der Waals surface area contributed by atoms with E-state index in [0.717, 1.165) is 43.1 Å². The van der Waals surface area contributed by atoms with Crippen LogP contribution in [0, 0.1) is 6.92 Å². The van der Waals surface area contributed by atoms with Crippen molar-refractivity contribution in [3.8, 4) is 0 Å². The lowest BCUT2D eigenvalue weighted by atomic mass is 9.96. The highest BCUT2D eigenvalue weighted by Gasteiger charge is 2.26. The number of rotatable bonds is 5. The third-order valence-electron chi connectivity index (χ3n) is 4.18. The Kier molecular flexibility index (Phi) is 4.90. The van der Waals surface area contributed by atoms with Crippen LogP contribution in [-0.2, 0) is 4.79 Å². The maximum atomic E-state index is 12.4. The van der Waals surface area contributed by atoms with E-state index < -0.39 is 0 Å². The molecular weight excluding hydrogens is 292 g/mol. The Labute approximate surface area is 135 Å². The Morgan fingerprint density at radius 3 is 3.09 bits per heavy atom. The third kappa shape index (κ3) is 4.09. The number of hydrogen-bond donors (Lipinski definition) is 1. The van der Waals surface area contributed by atoms with Crippen molar-refractivity contribution >= 4 is 11.7 Å². The number of carbonyl (C=O) groups excluding carboxylic acids is 1. The number of nitrogens with one attached hydrogen (secondary N) is 1. The topological polar surface area (TPSA) is 71.3 Å². The summed E-state index contributed by atoms with van der Waals surface area (Å²) in [6.07, 6.45) is 7.54. The minimum atomic E-state index is 0.175. The number of aromatic nitrogens is 2. The zero-order chi connectivity index (χ0) is 16.1. The maximum absolute atomic E-state index is 12.4. The van der Waals surface area contributed by atoms with Gasteiger partial charge in [-0.2, -0.15) is 0 Å². The fourth-order valence-electron chi connectivity index (χ4n) is 2.89. The molecule has 1 amide bonds. The second kappa shape index (κ2) is 7.26. The Balaban J connectivity index is 1.47. The number of hydrogen-bond acceptors (Lipinski definition) is 5. The number of aryl methyl sites for hydroxylation is 1. The number of anilines is 1. The van der Waals surface area contributed by atoms with Crippen LogP contribution in [0.4, 0.5) is 5.82 Å². The molecule has 0 bridgehead atoms. The van der Waals surface area contributed by atoms with Crippen LogP contribution in [0.5, 0.6) is 0 Å². The van der Waals surface area contributed by atoms with Gasteiger partial charge in [-0.05, 0) is 31.4 Å². The van der Waals surface area contributed by atoms with Crippen molar-refractivity contribution in [2.24, 2.45) is 0 Å². The number of amides is 1. The van der Waals surface area contributed by atoms with Crippen LogP contribution in [0.15, 0.2) is 35.3 Å². The predicted molar refractivity (Wildman–Crippen MR) is 87.1 cm³/mol. The first-order valence-electron chi connectivity index (χ1n) is 8.05. The second-order valence-corrected chi connectivity index (χ2v) is 5.98. The smallest absolute Gasteiger partial charge is 0.224 e. The van der Waals surface area contributed by atoms with E-state index in [-0.39, 0.29) is 11.8 Å². The molecule has 0 radical (unpaired) electrons. The number of piperidine rings is 1. The highest BCUT2D eigenvalue weighted by molar-refractivity contribution is 5.76. The van der Waals surface area contributed by atoms with E-state index in [2.05, 4.69) is 15.3 Å². The van der Waals surface area contributed by atoms with E-state index in [0.29, 0.717) is 13.0 Å². The Morgan fingerprint density at radius 2 is 2.35 bits per heavy atom. The highest BCUT2D eigenvalue weighted by atomic mass is 16.3.